The molecule has 0 aliphatic carbocycles. The molecule has 4 heteroatoms. The number of nitrogens with one attached hydrogen (secondary N) is 1. The highest BCUT2D eigenvalue weighted by molar-refractivity contribution is 7.15. The zero-order chi connectivity index (χ0) is 6.69. The van der Waals surface area contributed by atoms with Gasteiger partial charge >= 0.3 is 0 Å². The Bertz CT molecular complexity index is 187. The van der Waals surface area contributed by atoms with Gasteiger partial charge in [-0.15, -0.1) is 11.3 Å². The Balaban J connectivity index is 2.61. The van der Waals surface area contributed by atoms with Crippen molar-refractivity contribution in [2.24, 2.45) is 0 Å². The summed E-state index contributed by atoms with van der Waals surface area (Å²) in [7, 11) is 1.90. The monoisotopic (exact) mass is 162 g/mol. The van der Waals surface area contributed by atoms with Crippen molar-refractivity contribution in [1.29, 1.82) is 0 Å². The molecule has 0 atom stereocenters. The maximum Gasteiger partial charge on any atom is 0.183 e. The summed E-state index contributed by atoms with van der Waals surface area (Å²) in [6.07, 6.45) is 1.78. The van der Waals surface area contributed by atoms with Gasteiger partial charge in [-0.1, -0.05) is 11.6 Å². The number of rotatable bonds is 2. The van der Waals surface area contributed by atoms with Gasteiger partial charge in [-0.25, -0.2) is 4.98 Å². The molecular weight excluding hydrogens is 156 g/mol. The SMILES string of the molecule is CNCc1cnc(Cl)s1. The van der Waals surface area contributed by atoms with Crippen molar-refractivity contribution >= 4 is 22.9 Å². The molecule has 0 bridgehead atoms. The molecule has 0 fully saturated rings. The van der Waals surface area contributed by atoms with Crippen LogP contribution in [0.25, 0.3) is 0 Å². The molecule has 1 aromatic heterocycles. The fraction of sp³-hybridized carbons (Fsp3) is 0.400. The van der Waals surface area contributed by atoms with Crippen LogP contribution in [-0.2, 0) is 6.54 Å². The Labute approximate surface area is 62.9 Å². The second-order valence-electron chi connectivity index (χ2n) is 1.61. The molecule has 0 spiro atoms. The minimum atomic E-state index is 0.611. The van der Waals surface area contributed by atoms with Crippen LogP contribution in [0.3, 0.4) is 0 Å². The summed E-state index contributed by atoms with van der Waals surface area (Å²) < 4.78 is 0.611. The fourth-order valence-electron chi connectivity index (χ4n) is 0.540. The fourth-order valence-corrected chi connectivity index (χ4v) is 1.53. The van der Waals surface area contributed by atoms with E-state index in [0.29, 0.717) is 4.47 Å². The molecule has 2 nitrogen and oxygen atoms in total. The smallest absolute Gasteiger partial charge is 0.183 e. The van der Waals surface area contributed by atoms with Gasteiger partial charge in [-0.05, 0) is 7.05 Å². The van der Waals surface area contributed by atoms with E-state index in [9.17, 15) is 0 Å². The van der Waals surface area contributed by atoms with Crippen LogP contribution >= 0.6 is 22.9 Å². The van der Waals surface area contributed by atoms with Gasteiger partial charge < -0.3 is 5.32 Å². The minimum Gasteiger partial charge on any atom is -0.315 e. The number of nitrogens with zero attached hydrogens (tertiary/aromatic N) is 1. The molecule has 0 aromatic carbocycles. The summed E-state index contributed by atoms with van der Waals surface area (Å²) in [5, 5.41) is 3.01. The van der Waals surface area contributed by atoms with E-state index in [1.54, 1.807) is 6.20 Å². The van der Waals surface area contributed by atoms with Crippen molar-refractivity contribution in [3.8, 4) is 0 Å². The second kappa shape index (κ2) is 3.15. The van der Waals surface area contributed by atoms with Crippen LogP contribution < -0.4 is 5.32 Å². The summed E-state index contributed by atoms with van der Waals surface area (Å²) in [6.45, 7) is 0.852. The second-order valence-corrected chi connectivity index (χ2v) is 3.31. The van der Waals surface area contributed by atoms with Crippen molar-refractivity contribution in [3.63, 3.8) is 0 Å². The third kappa shape index (κ3) is 1.93. The van der Waals surface area contributed by atoms with Crippen LogP contribution in [0, 0.1) is 0 Å². The first kappa shape index (κ1) is 6.99. The first-order valence-electron chi connectivity index (χ1n) is 2.57. The molecule has 0 saturated heterocycles. The van der Waals surface area contributed by atoms with Crippen molar-refractivity contribution in [3.05, 3.63) is 15.5 Å². The van der Waals surface area contributed by atoms with Gasteiger partial charge in [0.05, 0.1) is 0 Å². The van der Waals surface area contributed by atoms with E-state index >= 15 is 0 Å². The Morgan fingerprint density at radius 1 is 1.89 bits per heavy atom. The summed E-state index contributed by atoms with van der Waals surface area (Å²) in [5.41, 5.74) is 0. The van der Waals surface area contributed by atoms with Gasteiger partial charge in [0.2, 0.25) is 0 Å². The highest BCUT2D eigenvalue weighted by Gasteiger charge is 1.95. The van der Waals surface area contributed by atoms with Crippen LogP contribution in [0.15, 0.2) is 6.20 Å². The van der Waals surface area contributed by atoms with E-state index in [1.165, 1.54) is 16.2 Å². The van der Waals surface area contributed by atoms with Crippen molar-refractivity contribution in [1.82, 2.24) is 10.3 Å². The Hall–Kier alpha value is -0.120. The van der Waals surface area contributed by atoms with Crippen LogP contribution in [0.1, 0.15) is 4.88 Å². The molecule has 0 radical (unpaired) electrons. The summed E-state index contributed by atoms with van der Waals surface area (Å²) in [5.74, 6) is 0. The van der Waals surface area contributed by atoms with Crippen LogP contribution in [-0.4, -0.2) is 12.0 Å². The molecule has 1 N–H and O–H groups in total. The largest absolute Gasteiger partial charge is 0.315 e. The molecular formula is C5H7ClN2S. The quantitative estimate of drug-likeness (QED) is 0.714. The van der Waals surface area contributed by atoms with E-state index < -0.39 is 0 Å². The van der Waals surface area contributed by atoms with E-state index in [0.717, 1.165) is 6.54 Å². The molecule has 0 aliphatic rings. The maximum absolute atomic E-state index is 5.58. The summed E-state index contributed by atoms with van der Waals surface area (Å²) >= 11 is 7.08. The van der Waals surface area contributed by atoms with Gasteiger partial charge in [0, 0.05) is 17.6 Å². The number of aromatic nitrogens is 1. The molecule has 1 rings (SSSR count). The molecule has 0 aliphatic heterocycles. The van der Waals surface area contributed by atoms with E-state index in [1.807, 2.05) is 7.05 Å². The minimum absolute atomic E-state index is 0.611. The predicted molar refractivity (Wildman–Crippen MR) is 39.9 cm³/mol. The molecule has 1 aromatic rings. The van der Waals surface area contributed by atoms with E-state index in [2.05, 4.69) is 10.3 Å². The molecule has 0 unspecified atom stereocenters. The number of thiazole rings is 1. The van der Waals surface area contributed by atoms with Gasteiger partial charge in [0.1, 0.15) is 0 Å². The van der Waals surface area contributed by atoms with Crippen molar-refractivity contribution < 1.29 is 0 Å². The zero-order valence-corrected chi connectivity index (χ0v) is 6.59. The Kier molecular flexibility index (Phi) is 2.45. The van der Waals surface area contributed by atoms with Gasteiger partial charge in [0.15, 0.2) is 4.47 Å². The van der Waals surface area contributed by atoms with Gasteiger partial charge in [-0.2, -0.15) is 0 Å². The molecule has 50 valence electrons. The van der Waals surface area contributed by atoms with Gasteiger partial charge in [0.25, 0.3) is 0 Å². The standard InChI is InChI=1S/C5H7ClN2S/c1-7-2-4-3-8-5(6)9-4/h3,7H,2H2,1H3. The van der Waals surface area contributed by atoms with Crippen molar-refractivity contribution in [2.75, 3.05) is 7.05 Å². The topological polar surface area (TPSA) is 24.9 Å². The highest BCUT2D eigenvalue weighted by atomic mass is 35.5. The molecule has 1 heterocycles. The third-order valence-electron chi connectivity index (χ3n) is 0.876. The van der Waals surface area contributed by atoms with E-state index in [-0.39, 0.29) is 0 Å². The summed E-state index contributed by atoms with van der Waals surface area (Å²) in [6, 6.07) is 0. The average Bonchev–Trinajstić information content (AvgIpc) is 2.17. The number of hydrogen-bond donors (Lipinski definition) is 1. The lowest BCUT2D eigenvalue weighted by molar-refractivity contribution is 0.829. The predicted octanol–water partition coefficient (Wildman–Crippen LogP) is 1.52. The average molecular weight is 163 g/mol. The first-order valence-corrected chi connectivity index (χ1v) is 3.77. The van der Waals surface area contributed by atoms with E-state index in [4.69, 9.17) is 11.6 Å². The normalized spacial score (nSPS) is 10.0. The van der Waals surface area contributed by atoms with Crippen LogP contribution in [0.4, 0.5) is 0 Å². The van der Waals surface area contributed by atoms with Crippen LogP contribution in [0.5, 0.6) is 0 Å². The molecule has 0 amide bonds. The summed E-state index contributed by atoms with van der Waals surface area (Å²) in [4.78, 5) is 5.05. The lowest BCUT2D eigenvalue weighted by Crippen LogP contribution is -2.02. The lowest BCUT2D eigenvalue weighted by Gasteiger charge is -1.88. The zero-order valence-electron chi connectivity index (χ0n) is 5.02. The number of hydrogen-bond acceptors (Lipinski definition) is 3. The number of halogens is 1. The lowest BCUT2D eigenvalue weighted by atomic mass is 10.5. The van der Waals surface area contributed by atoms with Crippen LogP contribution in [0.2, 0.25) is 4.47 Å². The van der Waals surface area contributed by atoms with Crippen molar-refractivity contribution in [2.45, 2.75) is 6.54 Å². The third-order valence-corrected chi connectivity index (χ3v) is 1.99. The Morgan fingerprint density at radius 3 is 3.11 bits per heavy atom. The Morgan fingerprint density at radius 2 is 2.67 bits per heavy atom. The molecule has 0 saturated carbocycles. The highest BCUT2D eigenvalue weighted by Crippen LogP contribution is 2.16. The molecule has 9 heavy (non-hydrogen) atoms. The maximum atomic E-state index is 5.58. The first-order chi connectivity index (χ1) is 4.33. The van der Waals surface area contributed by atoms with Gasteiger partial charge in [-0.3, -0.25) is 0 Å².